The number of hydrogen-bond acceptors (Lipinski definition) is 4. The fourth-order valence-electron chi connectivity index (χ4n) is 1.04. The van der Waals surface area contributed by atoms with Gasteiger partial charge in [0.15, 0.2) is 0 Å². The first-order chi connectivity index (χ1) is 7.11. The molecule has 6 heteroatoms. The number of nitro groups is 2. The molecule has 6 nitrogen and oxygen atoms in total. The maximum absolute atomic E-state index is 10.3. The lowest BCUT2D eigenvalue weighted by Gasteiger charge is -1.92. The molecule has 0 radical (unpaired) electrons. The maximum atomic E-state index is 10.3. The third-order valence-electron chi connectivity index (χ3n) is 1.74. The molecule has 0 bridgehead atoms. The molecule has 0 unspecified atom stereocenters. The van der Waals surface area contributed by atoms with E-state index in [9.17, 15) is 20.2 Å². The second-order valence-corrected chi connectivity index (χ2v) is 2.77. The van der Waals surface area contributed by atoms with Crippen LogP contribution in [0.2, 0.25) is 0 Å². The third-order valence-corrected chi connectivity index (χ3v) is 1.74. The molecular formula is C9H8N2O4. The van der Waals surface area contributed by atoms with Gasteiger partial charge in [0.05, 0.1) is 6.08 Å². The van der Waals surface area contributed by atoms with Gasteiger partial charge in [-0.15, -0.1) is 0 Å². The molecule has 0 aromatic heterocycles. The molecule has 1 aromatic carbocycles. The Kier molecular flexibility index (Phi) is 3.50. The fourth-order valence-corrected chi connectivity index (χ4v) is 1.04. The van der Waals surface area contributed by atoms with E-state index in [1.807, 2.05) is 0 Å². The highest BCUT2D eigenvalue weighted by Gasteiger charge is 2.23. The highest BCUT2D eigenvalue weighted by molar-refractivity contribution is 5.17. The van der Waals surface area contributed by atoms with Gasteiger partial charge in [-0.05, 0) is 5.56 Å². The summed E-state index contributed by atoms with van der Waals surface area (Å²) >= 11 is 0. The normalized spacial score (nSPS) is 9.33. The topological polar surface area (TPSA) is 86.3 Å². The van der Waals surface area contributed by atoms with Gasteiger partial charge in [-0.3, -0.25) is 20.2 Å². The van der Waals surface area contributed by atoms with Gasteiger partial charge in [0.2, 0.25) is 0 Å². The van der Waals surface area contributed by atoms with Gasteiger partial charge in [-0.2, -0.15) is 0 Å². The van der Waals surface area contributed by atoms with E-state index in [0.29, 0.717) is 0 Å². The molecule has 0 spiro atoms. The van der Waals surface area contributed by atoms with E-state index in [-0.39, 0.29) is 6.42 Å². The summed E-state index contributed by atoms with van der Waals surface area (Å²) in [7, 11) is 0. The number of hydrogen-bond donors (Lipinski definition) is 0. The summed E-state index contributed by atoms with van der Waals surface area (Å²) in [6.07, 6.45) is 1.17. The van der Waals surface area contributed by atoms with E-state index >= 15 is 0 Å². The van der Waals surface area contributed by atoms with Crippen molar-refractivity contribution in [3.05, 3.63) is 68.0 Å². The van der Waals surface area contributed by atoms with Crippen LogP contribution in [0, 0.1) is 20.2 Å². The van der Waals surface area contributed by atoms with Crippen molar-refractivity contribution in [2.75, 3.05) is 0 Å². The molecule has 0 aliphatic carbocycles. The first-order valence-corrected chi connectivity index (χ1v) is 4.14. The molecule has 1 aromatic rings. The molecule has 0 saturated heterocycles. The van der Waals surface area contributed by atoms with E-state index < -0.39 is 15.7 Å². The monoisotopic (exact) mass is 208 g/mol. The molecule has 0 aliphatic heterocycles. The zero-order valence-corrected chi connectivity index (χ0v) is 7.70. The predicted octanol–water partition coefficient (Wildman–Crippen LogP) is 1.62. The van der Waals surface area contributed by atoms with Crippen molar-refractivity contribution in [2.24, 2.45) is 0 Å². The molecule has 0 heterocycles. The van der Waals surface area contributed by atoms with Crippen molar-refractivity contribution in [2.45, 2.75) is 6.42 Å². The Bertz CT molecular complexity index is 384. The molecule has 1 rings (SSSR count). The molecule has 15 heavy (non-hydrogen) atoms. The minimum atomic E-state index is -0.997. The Labute approximate surface area is 85.1 Å². The lowest BCUT2D eigenvalue weighted by atomic mass is 10.1. The standard InChI is InChI=1S/C9H8N2O4/c12-10(13)9(11(14)15)7-6-8-4-2-1-3-5-8/h1-5,7H,6H2. The predicted molar refractivity (Wildman–Crippen MR) is 52.2 cm³/mol. The highest BCUT2D eigenvalue weighted by Crippen LogP contribution is 2.04. The number of nitrogens with zero attached hydrogens (tertiary/aromatic N) is 2. The van der Waals surface area contributed by atoms with Crippen LogP contribution in [0.3, 0.4) is 0 Å². The van der Waals surface area contributed by atoms with Gasteiger partial charge in [0.1, 0.15) is 9.85 Å². The smallest absolute Gasteiger partial charge is 0.253 e. The molecule has 0 fully saturated rings. The van der Waals surface area contributed by atoms with Gasteiger partial charge in [-0.25, -0.2) is 0 Å². The van der Waals surface area contributed by atoms with Crippen molar-refractivity contribution >= 4 is 0 Å². The van der Waals surface area contributed by atoms with Crippen LogP contribution >= 0.6 is 0 Å². The minimum Gasteiger partial charge on any atom is -0.253 e. The third kappa shape index (κ3) is 3.18. The zero-order valence-electron chi connectivity index (χ0n) is 7.70. The van der Waals surface area contributed by atoms with Crippen LogP contribution in [0.25, 0.3) is 0 Å². The van der Waals surface area contributed by atoms with Crippen LogP contribution in [0.5, 0.6) is 0 Å². The van der Waals surface area contributed by atoms with Crippen molar-refractivity contribution in [1.29, 1.82) is 0 Å². The number of rotatable bonds is 4. The first-order valence-electron chi connectivity index (χ1n) is 4.14. The summed E-state index contributed by atoms with van der Waals surface area (Å²) in [5.74, 6) is -0.987. The molecule has 0 atom stereocenters. The summed E-state index contributed by atoms with van der Waals surface area (Å²) in [4.78, 5) is 18.5. The van der Waals surface area contributed by atoms with E-state index in [0.717, 1.165) is 11.6 Å². The molecule has 0 aliphatic rings. The average Bonchev–Trinajstić information content (AvgIpc) is 2.18. The Balaban J connectivity index is 2.79. The molecular weight excluding hydrogens is 200 g/mol. The summed E-state index contributed by atoms with van der Waals surface area (Å²) in [5.41, 5.74) is 0.790. The lowest BCUT2D eigenvalue weighted by molar-refractivity contribution is -0.616. The van der Waals surface area contributed by atoms with Gasteiger partial charge < -0.3 is 0 Å². The summed E-state index contributed by atoms with van der Waals surface area (Å²) in [6, 6.07) is 8.82. The fraction of sp³-hybridized carbons (Fsp3) is 0.111. The number of allylic oxidation sites excluding steroid dienone is 1. The van der Waals surface area contributed by atoms with Crippen molar-refractivity contribution in [3.63, 3.8) is 0 Å². The zero-order chi connectivity index (χ0) is 11.3. The Morgan fingerprint density at radius 2 is 1.67 bits per heavy atom. The quantitative estimate of drug-likeness (QED) is 0.555. The van der Waals surface area contributed by atoms with Crippen LogP contribution < -0.4 is 0 Å². The Morgan fingerprint density at radius 1 is 1.13 bits per heavy atom. The molecule has 0 N–H and O–H groups in total. The molecule has 78 valence electrons. The van der Waals surface area contributed by atoms with Crippen LogP contribution in [0.15, 0.2) is 42.2 Å². The SMILES string of the molecule is O=[N+]([O-])C(=CCc1ccccc1)[N+](=O)[O-]. The van der Waals surface area contributed by atoms with Crippen LogP contribution in [-0.4, -0.2) is 9.85 Å². The minimum absolute atomic E-state index is 0.179. The second kappa shape index (κ2) is 4.85. The van der Waals surface area contributed by atoms with Crippen molar-refractivity contribution in [3.8, 4) is 0 Å². The molecule has 0 saturated carbocycles. The summed E-state index contributed by atoms with van der Waals surface area (Å²) < 4.78 is 0. The van der Waals surface area contributed by atoms with Crippen LogP contribution in [-0.2, 0) is 6.42 Å². The lowest BCUT2D eigenvalue weighted by Crippen LogP contribution is -2.09. The Hall–Kier alpha value is -2.24. The summed E-state index contributed by atoms with van der Waals surface area (Å²) in [5, 5.41) is 20.5. The van der Waals surface area contributed by atoms with Gasteiger partial charge in [0, 0.05) is 6.42 Å². The van der Waals surface area contributed by atoms with Crippen LogP contribution in [0.1, 0.15) is 5.56 Å². The van der Waals surface area contributed by atoms with Crippen LogP contribution in [0.4, 0.5) is 0 Å². The van der Waals surface area contributed by atoms with Crippen molar-refractivity contribution in [1.82, 2.24) is 0 Å². The van der Waals surface area contributed by atoms with E-state index in [2.05, 4.69) is 0 Å². The molecule has 0 amide bonds. The number of benzene rings is 1. The Morgan fingerprint density at radius 3 is 2.13 bits per heavy atom. The van der Waals surface area contributed by atoms with Gasteiger partial charge in [0.25, 0.3) is 0 Å². The van der Waals surface area contributed by atoms with Gasteiger partial charge >= 0.3 is 5.82 Å². The maximum Gasteiger partial charge on any atom is 0.554 e. The van der Waals surface area contributed by atoms with E-state index in [1.54, 1.807) is 30.3 Å². The summed E-state index contributed by atoms with van der Waals surface area (Å²) in [6.45, 7) is 0. The van der Waals surface area contributed by atoms with E-state index in [1.165, 1.54) is 0 Å². The van der Waals surface area contributed by atoms with Gasteiger partial charge in [-0.1, -0.05) is 30.3 Å². The highest BCUT2D eigenvalue weighted by atomic mass is 16.7. The second-order valence-electron chi connectivity index (χ2n) is 2.77. The van der Waals surface area contributed by atoms with E-state index in [4.69, 9.17) is 0 Å². The first kappa shape index (κ1) is 10.8. The average molecular weight is 208 g/mol. The largest absolute Gasteiger partial charge is 0.554 e. The van der Waals surface area contributed by atoms with Crippen molar-refractivity contribution < 1.29 is 9.85 Å².